The SMILES string of the molecule is CCOC(=O)CC=Cc1cc(F)c(N)c(F)c1. The standard InChI is InChI=1S/C12H13F2NO2/c1-2-17-11(16)5-3-4-8-6-9(13)12(15)10(14)7-8/h3-4,6-7H,2,5,15H2,1H3. The van der Waals surface area contributed by atoms with E-state index in [4.69, 9.17) is 5.73 Å². The predicted molar refractivity (Wildman–Crippen MR) is 61.1 cm³/mol. The predicted octanol–water partition coefficient (Wildman–Crippen LogP) is 2.51. The second-order valence-corrected chi connectivity index (χ2v) is 3.31. The van der Waals surface area contributed by atoms with Crippen LogP contribution in [0.5, 0.6) is 0 Å². The van der Waals surface area contributed by atoms with Gasteiger partial charge in [0.2, 0.25) is 0 Å². The van der Waals surface area contributed by atoms with Gasteiger partial charge in [-0.05, 0) is 24.6 Å². The minimum Gasteiger partial charge on any atom is -0.466 e. The molecule has 0 aliphatic rings. The van der Waals surface area contributed by atoms with Crippen LogP contribution in [0.2, 0.25) is 0 Å². The van der Waals surface area contributed by atoms with Crippen molar-refractivity contribution < 1.29 is 18.3 Å². The Morgan fingerprint density at radius 3 is 2.53 bits per heavy atom. The van der Waals surface area contributed by atoms with Crippen LogP contribution in [0.4, 0.5) is 14.5 Å². The van der Waals surface area contributed by atoms with Crippen molar-refractivity contribution in [3.8, 4) is 0 Å². The molecule has 0 saturated heterocycles. The van der Waals surface area contributed by atoms with Gasteiger partial charge >= 0.3 is 5.97 Å². The summed E-state index contributed by atoms with van der Waals surface area (Å²) in [7, 11) is 0. The van der Waals surface area contributed by atoms with E-state index < -0.39 is 17.3 Å². The van der Waals surface area contributed by atoms with Gasteiger partial charge in [0.25, 0.3) is 0 Å². The zero-order valence-electron chi connectivity index (χ0n) is 9.37. The van der Waals surface area contributed by atoms with Gasteiger partial charge in [-0.25, -0.2) is 8.78 Å². The van der Waals surface area contributed by atoms with Crippen LogP contribution in [0.3, 0.4) is 0 Å². The first-order chi connectivity index (χ1) is 8.04. The van der Waals surface area contributed by atoms with E-state index in [0.29, 0.717) is 12.2 Å². The van der Waals surface area contributed by atoms with Crippen LogP contribution in [0.1, 0.15) is 18.9 Å². The normalized spacial score (nSPS) is 10.8. The highest BCUT2D eigenvalue weighted by atomic mass is 19.1. The van der Waals surface area contributed by atoms with Crippen molar-refractivity contribution in [1.82, 2.24) is 0 Å². The van der Waals surface area contributed by atoms with Crippen molar-refractivity contribution >= 4 is 17.7 Å². The monoisotopic (exact) mass is 241 g/mol. The largest absolute Gasteiger partial charge is 0.466 e. The molecule has 0 fully saturated rings. The Labute approximate surface area is 97.9 Å². The number of nitrogens with two attached hydrogens (primary N) is 1. The van der Waals surface area contributed by atoms with E-state index in [1.54, 1.807) is 6.92 Å². The molecule has 0 aliphatic heterocycles. The Bertz CT molecular complexity index is 421. The number of benzene rings is 1. The van der Waals surface area contributed by atoms with Crippen LogP contribution in [-0.2, 0) is 9.53 Å². The molecule has 0 radical (unpaired) electrons. The molecule has 0 spiro atoms. The van der Waals surface area contributed by atoms with Gasteiger partial charge in [0.15, 0.2) is 0 Å². The number of hydrogen-bond acceptors (Lipinski definition) is 3. The van der Waals surface area contributed by atoms with E-state index in [2.05, 4.69) is 4.74 Å². The zero-order chi connectivity index (χ0) is 12.8. The van der Waals surface area contributed by atoms with Crippen molar-refractivity contribution in [2.45, 2.75) is 13.3 Å². The fraction of sp³-hybridized carbons (Fsp3) is 0.250. The van der Waals surface area contributed by atoms with Crippen molar-refractivity contribution in [1.29, 1.82) is 0 Å². The maximum atomic E-state index is 13.1. The molecule has 0 bridgehead atoms. The molecule has 1 aromatic carbocycles. The summed E-state index contributed by atoms with van der Waals surface area (Å²) in [5.74, 6) is -2.03. The number of rotatable bonds is 4. The molecule has 2 N–H and O–H groups in total. The number of nitrogen functional groups attached to an aromatic ring is 1. The van der Waals surface area contributed by atoms with Crippen molar-refractivity contribution in [3.05, 3.63) is 35.4 Å². The van der Waals surface area contributed by atoms with Crippen LogP contribution in [0.25, 0.3) is 6.08 Å². The third-order valence-corrected chi connectivity index (χ3v) is 2.00. The van der Waals surface area contributed by atoms with Crippen LogP contribution < -0.4 is 5.73 Å². The molecule has 1 rings (SSSR count). The molecule has 5 heteroatoms. The summed E-state index contributed by atoms with van der Waals surface area (Å²) in [5, 5.41) is 0. The van der Waals surface area contributed by atoms with Gasteiger partial charge in [0, 0.05) is 0 Å². The van der Waals surface area contributed by atoms with Crippen LogP contribution >= 0.6 is 0 Å². The summed E-state index contributed by atoms with van der Waals surface area (Å²) < 4.78 is 30.8. The van der Waals surface area contributed by atoms with E-state index >= 15 is 0 Å². The highest BCUT2D eigenvalue weighted by Crippen LogP contribution is 2.18. The lowest BCUT2D eigenvalue weighted by atomic mass is 10.1. The number of halogens is 2. The van der Waals surface area contributed by atoms with Gasteiger partial charge in [-0.2, -0.15) is 0 Å². The maximum Gasteiger partial charge on any atom is 0.309 e. The van der Waals surface area contributed by atoms with Crippen molar-refractivity contribution in [2.24, 2.45) is 0 Å². The molecular weight excluding hydrogens is 228 g/mol. The van der Waals surface area contributed by atoms with Gasteiger partial charge in [0.1, 0.15) is 17.3 Å². The first kappa shape index (κ1) is 13.2. The van der Waals surface area contributed by atoms with Gasteiger partial charge in [-0.3, -0.25) is 4.79 Å². The summed E-state index contributed by atoms with van der Waals surface area (Å²) in [6, 6.07) is 2.19. The summed E-state index contributed by atoms with van der Waals surface area (Å²) in [6.45, 7) is 2.00. The minimum atomic E-state index is -0.819. The summed E-state index contributed by atoms with van der Waals surface area (Å²) in [5.41, 5.74) is 4.92. The molecule has 0 atom stereocenters. The summed E-state index contributed by atoms with van der Waals surface area (Å²) in [4.78, 5) is 11.0. The summed E-state index contributed by atoms with van der Waals surface area (Å²) >= 11 is 0. The first-order valence-electron chi connectivity index (χ1n) is 5.11. The van der Waals surface area contributed by atoms with Gasteiger partial charge in [-0.15, -0.1) is 0 Å². The van der Waals surface area contributed by atoms with Crippen LogP contribution in [0, 0.1) is 11.6 Å². The third-order valence-electron chi connectivity index (χ3n) is 2.00. The average Bonchev–Trinajstić information content (AvgIpc) is 2.26. The topological polar surface area (TPSA) is 52.3 Å². The Kier molecular flexibility index (Phi) is 4.63. The second-order valence-electron chi connectivity index (χ2n) is 3.31. The lowest BCUT2D eigenvalue weighted by molar-refractivity contribution is -0.142. The molecule has 0 aliphatic carbocycles. The number of carbonyl (C=O) groups is 1. The minimum absolute atomic E-state index is 0.0570. The molecule has 0 saturated carbocycles. The van der Waals surface area contributed by atoms with E-state index in [-0.39, 0.29) is 12.4 Å². The Balaban J connectivity index is 2.69. The number of carbonyl (C=O) groups excluding carboxylic acids is 1. The average molecular weight is 241 g/mol. The highest BCUT2D eigenvalue weighted by molar-refractivity contribution is 5.72. The molecular formula is C12H13F2NO2. The molecule has 1 aromatic rings. The van der Waals surface area contributed by atoms with Gasteiger partial charge < -0.3 is 10.5 Å². The zero-order valence-corrected chi connectivity index (χ0v) is 9.37. The maximum absolute atomic E-state index is 13.1. The number of ether oxygens (including phenoxy) is 1. The van der Waals surface area contributed by atoms with E-state index in [1.165, 1.54) is 12.2 Å². The number of anilines is 1. The summed E-state index contributed by atoms with van der Waals surface area (Å²) in [6.07, 6.45) is 2.96. The number of hydrogen-bond donors (Lipinski definition) is 1. The van der Waals surface area contributed by atoms with Gasteiger partial charge in [0.05, 0.1) is 13.0 Å². The molecule has 0 unspecified atom stereocenters. The molecule has 17 heavy (non-hydrogen) atoms. The Hall–Kier alpha value is -1.91. The molecule has 3 nitrogen and oxygen atoms in total. The Morgan fingerprint density at radius 1 is 1.41 bits per heavy atom. The van der Waals surface area contributed by atoms with Crippen LogP contribution in [-0.4, -0.2) is 12.6 Å². The van der Waals surface area contributed by atoms with Gasteiger partial charge in [-0.1, -0.05) is 12.2 Å². The molecule has 0 amide bonds. The lowest BCUT2D eigenvalue weighted by Gasteiger charge is -2.00. The van der Waals surface area contributed by atoms with Crippen molar-refractivity contribution in [3.63, 3.8) is 0 Å². The van der Waals surface area contributed by atoms with E-state index in [0.717, 1.165) is 12.1 Å². The molecule has 0 aromatic heterocycles. The fourth-order valence-corrected chi connectivity index (χ4v) is 1.21. The smallest absolute Gasteiger partial charge is 0.309 e. The van der Waals surface area contributed by atoms with E-state index in [1.807, 2.05) is 0 Å². The molecule has 0 heterocycles. The second kappa shape index (κ2) is 5.98. The first-order valence-corrected chi connectivity index (χ1v) is 5.11. The number of esters is 1. The lowest BCUT2D eigenvalue weighted by Crippen LogP contribution is -2.01. The molecule has 92 valence electrons. The fourth-order valence-electron chi connectivity index (χ4n) is 1.21. The Morgan fingerprint density at radius 2 is 2.00 bits per heavy atom. The van der Waals surface area contributed by atoms with Crippen molar-refractivity contribution in [2.75, 3.05) is 12.3 Å². The highest BCUT2D eigenvalue weighted by Gasteiger charge is 2.05. The third kappa shape index (κ3) is 3.86. The van der Waals surface area contributed by atoms with Crippen LogP contribution in [0.15, 0.2) is 18.2 Å². The quantitative estimate of drug-likeness (QED) is 0.651. The van der Waals surface area contributed by atoms with E-state index in [9.17, 15) is 13.6 Å².